The van der Waals surface area contributed by atoms with Gasteiger partial charge in [0.1, 0.15) is 11.6 Å². The Morgan fingerprint density at radius 2 is 1.70 bits per heavy atom. The Hall–Kier alpha value is -2.09. The molecular weight excluding hydrogens is 337 g/mol. The van der Waals surface area contributed by atoms with E-state index in [9.17, 15) is 26.7 Å². The second-order valence-corrected chi connectivity index (χ2v) is 5.50. The molecule has 0 aliphatic heterocycles. The summed E-state index contributed by atoms with van der Waals surface area (Å²) in [7, 11) is 0. The Balaban J connectivity index is 1.92. The number of hydrogen-bond donors (Lipinski definition) is 1. The standard InChI is InChI=1S/C15H10F5NOS/c16-10-3-6-13(12(17)7-10)23-8-14(22)21-11-4-1-9(2-5-11)15(18,19)20/h1-7H,8H2,(H,21,22). The zero-order valence-electron chi connectivity index (χ0n) is 11.5. The number of amides is 1. The highest BCUT2D eigenvalue weighted by molar-refractivity contribution is 8.00. The van der Waals surface area contributed by atoms with E-state index in [4.69, 9.17) is 0 Å². The number of alkyl halides is 3. The van der Waals surface area contributed by atoms with Crippen LogP contribution in [0.15, 0.2) is 47.4 Å². The summed E-state index contributed by atoms with van der Waals surface area (Å²) in [6.45, 7) is 0. The number of carbonyl (C=O) groups is 1. The van der Waals surface area contributed by atoms with Crippen molar-refractivity contribution in [1.29, 1.82) is 0 Å². The molecule has 0 radical (unpaired) electrons. The van der Waals surface area contributed by atoms with Crippen molar-refractivity contribution in [1.82, 2.24) is 0 Å². The molecule has 8 heteroatoms. The molecule has 0 aliphatic carbocycles. The molecule has 1 N–H and O–H groups in total. The quantitative estimate of drug-likeness (QED) is 0.641. The van der Waals surface area contributed by atoms with Crippen LogP contribution in [0.3, 0.4) is 0 Å². The Morgan fingerprint density at radius 3 is 2.26 bits per heavy atom. The molecule has 2 rings (SSSR count). The maximum atomic E-state index is 13.4. The lowest BCUT2D eigenvalue weighted by Gasteiger charge is -2.09. The van der Waals surface area contributed by atoms with Crippen LogP contribution in [0.4, 0.5) is 27.6 Å². The molecular formula is C15H10F5NOS. The fraction of sp³-hybridized carbons (Fsp3) is 0.133. The SMILES string of the molecule is O=C(CSc1ccc(F)cc1F)Nc1ccc(C(F)(F)F)cc1. The molecule has 0 atom stereocenters. The van der Waals surface area contributed by atoms with Gasteiger partial charge in [0, 0.05) is 16.6 Å². The lowest BCUT2D eigenvalue weighted by Crippen LogP contribution is -2.14. The van der Waals surface area contributed by atoms with Crippen molar-refractivity contribution in [2.75, 3.05) is 11.1 Å². The van der Waals surface area contributed by atoms with E-state index in [2.05, 4.69) is 5.32 Å². The molecule has 0 saturated heterocycles. The monoisotopic (exact) mass is 347 g/mol. The van der Waals surface area contributed by atoms with E-state index in [1.807, 2.05) is 0 Å². The summed E-state index contributed by atoms with van der Waals surface area (Å²) in [6, 6.07) is 6.94. The third-order valence-electron chi connectivity index (χ3n) is 2.75. The van der Waals surface area contributed by atoms with Crippen molar-refractivity contribution in [3.63, 3.8) is 0 Å². The van der Waals surface area contributed by atoms with Crippen LogP contribution >= 0.6 is 11.8 Å². The summed E-state index contributed by atoms with van der Waals surface area (Å²) in [5, 5.41) is 2.40. The highest BCUT2D eigenvalue weighted by Gasteiger charge is 2.29. The molecule has 0 unspecified atom stereocenters. The number of anilines is 1. The van der Waals surface area contributed by atoms with Crippen LogP contribution in [0.25, 0.3) is 0 Å². The van der Waals surface area contributed by atoms with Crippen LogP contribution in [0.2, 0.25) is 0 Å². The van der Waals surface area contributed by atoms with Crippen LogP contribution in [0, 0.1) is 11.6 Å². The topological polar surface area (TPSA) is 29.1 Å². The lowest BCUT2D eigenvalue weighted by atomic mass is 10.2. The predicted octanol–water partition coefficient (Wildman–Crippen LogP) is 4.71. The molecule has 2 aromatic carbocycles. The van der Waals surface area contributed by atoms with E-state index in [1.165, 1.54) is 6.07 Å². The molecule has 0 aliphatic rings. The fourth-order valence-corrected chi connectivity index (χ4v) is 2.40. The number of hydrogen-bond acceptors (Lipinski definition) is 2. The predicted molar refractivity (Wildman–Crippen MR) is 77.2 cm³/mol. The minimum atomic E-state index is -4.45. The summed E-state index contributed by atoms with van der Waals surface area (Å²) in [5.74, 6) is -2.18. The summed E-state index contributed by atoms with van der Waals surface area (Å²) in [6.07, 6.45) is -4.45. The van der Waals surface area contributed by atoms with Crippen LogP contribution in [-0.4, -0.2) is 11.7 Å². The van der Waals surface area contributed by atoms with E-state index in [-0.39, 0.29) is 16.3 Å². The van der Waals surface area contributed by atoms with E-state index in [0.29, 0.717) is 6.07 Å². The Kier molecular flexibility index (Phi) is 5.25. The Bertz CT molecular complexity index is 700. The van der Waals surface area contributed by atoms with Gasteiger partial charge in [0.25, 0.3) is 0 Å². The van der Waals surface area contributed by atoms with Crippen molar-refractivity contribution in [2.45, 2.75) is 11.1 Å². The van der Waals surface area contributed by atoms with Gasteiger partial charge < -0.3 is 5.32 Å². The second kappa shape index (κ2) is 6.99. The third kappa shape index (κ3) is 4.95. The van der Waals surface area contributed by atoms with Crippen molar-refractivity contribution < 1.29 is 26.7 Å². The molecule has 0 saturated carbocycles. The van der Waals surface area contributed by atoms with Gasteiger partial charge in [0.2, 0.25) is 5.91 Å². The number of benzene rings is 2. The lowest BCUT2D eigenvalue weighted by molar-refractivity contribution is -0.137. The number of nitrogens with one attached hydrogen (secondary N) is 1. The Morgan fingerprint density at radius 1 is 1.04 bits per heavy atom. The number of halogens is 5. The maximum Gasteiger partial charge on any atom is 0.416 e. The van der Waals surface area contributed by atoms with Gasteiger partial charge in [-0.05, 0) is 36.4 Å². The van der Waals surface area contributed by atoms with Gasteiger partial charge in [-0.25, -0.2) is 8.78 Å². The minimum absolute atomic E-state index is 0.106. The van der Waals surface area contributed by atoms with Gasteiger partial charge in [0.15, 0.2) is 0 Å². The van der Waals surface area contributed by atoms with Gasteiger partial charge in [0.05, 0.1) is 11.3 Å². The first kappa shape index (κ1) is 17.3. The first-order valence-corrected chi connectivity index (χ1v) is 7.29. The van der Waals surface area contributed by atoms with E-state index >= 15 is 0 Å². The summed E-state index contributed by atoms with van der Waals surface area (Å²) >= 11 is 0.857. The number of thioether (sulfide) groups is 1. The van der Waals surface area contributed by atoms with Crippen LogP contribution in [-0.2, 0) is 11.0 Å². The summed E-state index contributed by atoms with van der Waals surface area (Å²) < 4.78 is 63.3. The smallest absolute Gasteiger partial charge is 0.325 e. The Labute approximate surface area is 132 Å². The first-order chi connectivity index (χ1) is 10.8. The van der Waals surface area contributed by atoms with Gasteiger partial charge in [-0.3, -0.25) is 4.79 Å². The molecule has 23 heavy (non-hydrogen) atoms. The average Bonchev–Trinajstić information content (AvgIpc) is 2.46. The molecule has 0 bridgehead atoms. The molecule has 0 heterocycles. The molecule has 0 fully saturated rings. The van der Waals surface area contributed by atoms with Gasteiger partial charge in [-0.1, -0.05) is 0 Å². The van der Waals surface area contributed by atoms with Gasteiger partial charge >= 0.3 is 6.18 Å². The molecule has 122 valence electrons. The summed E-state index contributed by atoms with van der Waals surface area (Å²) in [5.41, 5.74) is -0.624. The van der Waals surface area contributed by atoms with Crippen molar-refractivity contribution in [2.24, 2.45) is 0 Å². The van der Waals surface area contributed by atoms with Crippen molar-refractivity contribution in [3.8, 4) is 0 Å². The fourth-order valence-electron chi connectivity index (χ4n) is 1.68. The zero-order valence-corrected chi connectivity index (χ0v) is 12.3. The van der Waals surface area contributed by atoms with Crippen molar-refractivity contribution >= 4 is 23.4 Å². The van der Waals surface area contributed by atoms with Crippen molar-refractivity contribution in [3.05, 3.63) is 59.7 Å². The molecule has 2 nitrogen and oxygen atoms in total. The number of rotatable bonds is 4. The summed E-state index contributed by atoms with van der Waals surface area (Å²) in [4.78, 5) is 11.8. The van der Waals surface area contributed by atoms with Crippen LogP contribution < -0.4 is 5.32 Å². The molecule has 0 aromatic heterocycles. The van der Waals surface area contributed by atoms with Crippen LogP contribution in [0.5, 0.6) is 0 Å². The largest absolute Gasteiger partial charge is 0.416 e. The van der Waals surface area contributed by atoms with E-state index in [0.717, 1.165) is 42.1 Å². The first-order valence-electron chi connectivity index (χ1n) is 6.30. The molecule has 2 aromatic rings. The third-order valence-corrected chi connectivity index (χ3v) is 3.80. The minimum Gasteiger partial charge on any atom is -0.325 e. The highest BCUT2D eigenvalue weighted by atomic mass is 32.2. The van der Waals surface area contributed by atoms with Gasteiger partial charge in [-0.15, -0.1) is 11.8 Å². The normalized spacial score (nSPS) is 11.3. The van der Waals surface area contributed by atoms with Crippen LogP contribution in [0.1, 0.15) is 5.56 Å². The zero-order chi connectivity index (χ0) is 17.0. The molecule has 0 spiro atoms. The van der Waals surface area contributed by atoms with E-state index in [1.54, 1.807) is 0 Å². The second-order valence-electron chi connectivity index (χ2n) is 4.49. The molecule has 1 amide bonds. The maximum absolute atomic E-state index is 13.4. The number of carbonyl (C=O) groups excluding carboxylic acids is 1. The highest BCUT2D eigenvalue weighted by Crippen LogP contribution is 2.30. The average molecular weight is 347 g/mol. The van der Waals surface area contributed by atoms with Gasteiger partial charge in [-0.2, -0.15) is 13.2 Å². The van der Waals surface area contributed by atoms with E-state index < -0.39 is 29.3 Å².